The van der Waals surface area contributed by atoms with Crippen LogP contribution in [0.2, 0.25) is 0 Å². The normalized spacial score (nSPS) is 13.8. The van der Waals surface area contributed by atoms with Gasteiger partial charge < -0.3 is 10.9 Å². The molecule has 18 heavy (non-hydrogen) atoms. The molecule has 1 aromatic carbocycles. The average molecular weight is 247 g/mol. The van der Waals surface area contributed by atoms with E-state index in [1.807, 2.05) is 20.8 Å². The Labute approximate surface area is 105 Å². The predicted octanol–water partition coefficient (Wildman–Crippen LogP) is 1.19. The number of para-hydroxylation sites is 1. The quantitative estimate of drug-likeness (QED) is 0.742. The van der Waals surface area contributed by atoms with Gasteiger partial charge in [-0.3, -0.25) is 4.79 Å². The van der Waals surface area contributed by atoms with Crippen LogP contribution in [0.1, 0.15) is 32.7 Å². The molecule has 1 heterocycles. The van der Waals surface area contributed by atoms with Gasteiger partial charge in [-0.15, -0.1) is 0 Å². The summed E-state index contributed by atoms with van der Waals surface area (Å²) < 4.78 is 0.929. The summed E-state index contributed by atoms with van der Waals surface area (Å²) in [5.41, 5.74) is -0.246. The van der Waals surface area contributed by atoms with Crippen LogP contribution in [0.25, 0.3) is 10.9 Å². The summed E-state index contributed by atoms with van der Waals surface area (Å²) in [4.78, 5) is 16.4. The molecule has 0 saturated carbocycles. The zero-order valence-electron chi connectivity index (χ0n) is 10.7. The Kier molecular flexibility index (Phi) is 2.86. The van der Waals surface area contributed by atoms with Crippen molar-refractivity contribution >= 4 is 10.9 Å². The minimum absolute atomic E-state index is 0.186. The Balaban J connectivity index is 2.74. The first-order valence-corrected chi connectivity index (χ1v) is 5.77. The highest BCUT2D eigenvalue weighted by Crippen LogP contribution is 2.30. The SMILES string of the molecule is CC(C)(C)[C@@H](O)c1nc2ccccc2c(=O)n1N. The summed E-state index contributed by atoms with van der Waals surface area (Å²) in [7, 11) is 0. The van der Waals surface area contributed by atoms with Crippen LogP contribution in [-0.4, -0.2) is 14.8 Å². The molecule has 0 amide bonds. The van der Waals surface area contributed by atoms with E-state index in [0.717, 1.165) is 4.68 Å². The van der Waals surface area contributed by atoms with Gasteiger partial charge in [-0.05, 0) is 17.5 Å². The van der Waals surface area contributed by atoms with Gasteiger partial charge in [0.25, 0.3) is 5.56 Å². The number of nitrogens with two attached hydrogens (primary N) is 1. The first-order valence-electron chi connectivity index (χ1n) is 5.77. The van der Waals surface area contributed by atoms with Crippen molar-refractivity contribution in [3.05, 3.63) is 40.4 Å². The van der Waals surface area contributed by atoms with Crippen molar-refractivity contribution < 1.29 is 5.11 Å². The largest absolute Gasteiger partial charge is 0.385 e. The molecule has 0 aliphatic rings. The van der Waals surface area contributed by atoms with Crippen molar-refractivity contribution in [3.8, 4) is 0 Å². The van der Waals surface area contributed by atoms with Gasteiger partial charge in [0.2, 0.25) is 0 Å². The van der Waals surface area contributed by atoms with Gasteiger partial charge in [-0.1, -0.05) is 32.9 Å². The molecule has 0 fully saturated rings. The topological polar surface area (TPSA) is 81.1 Å². The third kappa shape index (κ3) is 1.97. The first-order chi connectivity index (χ1) is 8.32. The van der Waals surface area contributed by atoms with Gasteiger partial charge in [0.15, 0.2) is 5.82 Å². The van der Waals surface area contributed by atoms with E-state index in [1.165, 1.54) is 0 Å². The summed E-state index contributed by atoms with van der Waals surface area (Å²) >= 11 is 0. The summed E-state index contributed by atoms with van der Waals surface area (Å²) in [6.45, 7) is 5.58. The highest BCUT2D eigenvalue weighted by atomic mass is 16.3. The maximum absolute atomic E-state index is 12.1. The van der Waals surface area contributed by atoms with E-state index in [2.05, 4.69) is 4.98 Å². The lowest BCUT2D eigenvalue weighted by Crippen LogP contribution is -2.35. The fraction of sp³-hybridized carbons (Fsp3) is 0.385. The number of fused-ring (bicyclic) bond motifs is 1. The fourth-order valence-electron chi connectivity index (χ4n) is 1.74. The Bertz CT molecular complexity index is 641. The number of aliphatic hydroxyl groups is 1. The Morgan fingerprint density at radius 2 is 1.94 bits per heavy atom. The molecule has 5 heteroatoms. The van der Waals surface area contributed by atoms with Crippen molar-refractivity contribution in [1.29, 1.82) is 0 Å². The molecule has 2 rings (SSSR count). The van der Waals surface area contributed by atoms with Gasteiger partial charge in [0, 0.05) is 0 Å². The number of nitrogen functional groups attached to an aromatic ring is 1. The maximum Gasteiger partial charge on any atom is 0.279 e. The molecule has 5 nitrogen and oxygen atoms in total. The van der Waals surface area contributed by atoms with E-state index >= 15 is 0 Å². The van der Waals surface area contributed by atoms with E-state index < -0.39 is 11.5 Å². The zero-order chi connectivity index (χ0) is 13.5. The average Bonchev–Trinajstić information content (AvgIpc) is 2.32. The first kappa shape index (κ1) is 12.6. The molecule has 3 N–H and O–H groups in total. The van der Waals surface area contributed by atoms with Crippen molar-refractivity contribution in [1.82, 2.24) is 9.66 Å². The van der Waals surface area contributed by atoms with Crippen LogP contribution in [0, 0.1) is 5.41 Å². The minimum Gasteiger partial charge on any atom is -0.385 e. The standard InChI is InChI=1S/C13H17N3O2/c1-13(2,3)10(17)11-15-9-7-5-4-6-8(9)12(18)16(11)14/h4-7,10,17H,14H2,1-3H3/t10-/m0/s1. The molecule has 2 aromatic rings. The molecule has 0 spiro atoms. The van der Waals surface area contributed by atoms with Crippen LogP contribution in [0.15, 0.2) is 29.1 Å². The van der Waals surface area contributed by atoms with E-state index in [-0.39, 0.29) is 11.4 Å². The van der Waals surface area contributed by atoms with Crippen molar-refractivity contribution in [2.24, 2.45) is 5.41 Å². The second-order valence-corrected chi connectivity index (χ2v) is 5.43. The molecule has 96 valence electrons. The summed E-state index contributed by atoms with van der Waals surface area (Å²) in [6.07, 6.45) is -0.903. The summed E-state index contributed by atoms with van der Waals surface area (Å²) in [5, 5.41) is 10.7. The number of hydrogen-bond donors (Lipinski definition) is 2. The molecule has 0 bridgehead atoms. The van der Waals surface area contributed by atoms with Crippen molar-refractivity contribution in [2.45, 2.75) is 26.9 Å². The smallest absolute Gasteiger partial charge is 0.279 e. The van der Waals surface area contributed by atoms with Crippen LogP contribution in [0.4, 0.5) is 0 Å². The lowest BCUT2D eigenvalue weighted by molar-refractivity contribution is 0.0522. The molecule has 1 atom stereocenters. The number of nitrogens with zero attached hydrogens (tertiary/aromatic N) is 2. The number of aromatic nitrogens is 2. The second kappa shape index (κ2) is 4.10. The van der Waals surface area contributed by atoms with Crippen molar-refractivity contribution in [2.75, 3.05) is 5.84 Å². The van der Waals surface area contributed by atoms with E-state index in [0.29, 0.717) is 10.9 Å². The second-order valence-electron chi connectivity index (χ2n) is 5.43. The molecule has 0 radical (unpaired) electrons. The summed E-state index contributed by atoms with van der Waals surface area (Å²) in [6, 6.07) is 6.95. The van der Waals surface area contributed by atoms with Crippen molar-refractivity contribution in [3.63, 3.8) is 0 Å². The molecule has 0 aliphatic heterocycles. The third-order valence-electron chi connectivity index (χ3n) is 2.90. The molecule has 1 aromatic heterocycles. The van der Waals surface area contributed by atoms with Crippen LogP contribution in [-0.2, 0) is 0 Å². The van der Waals surface area contributed by atoms with E-state index in [4.69, 9.17) is 5.84 Å². The van der Waals surface area contributed by atoms with Gasteiger partial charge in [-0.25, -0.2) is 9.66 Å². The number of benzene rings is 1. The Hall–Kier alpha value is -1.88. The van der Waals surface area contributed by atoms with Gasteiger partial charge in [0.05, 0.1) is 10.9 Å². The Morgan fingerprint density at radius 1 is 1.33 bits per heavy atom. The van der Waals surface area contributed by atoms with E-state index in [1.54, 1.807) is 24.3 Å². The van der Waals surface area contributed by atoms with E-state index in [9.17, 15) is 9.90 Å². The summed E-state index contributed by atoms with van der Waals surface area (Å²) in [5.74, 6) is 5.91. The van der Waals surface area contributed by atoms with Crippen LogP contribution in [0.5, 0.6) is 0 Å². The van der Waals surface area contributed by atoms with Gasteiger partial charge in [0.1, 0.15) is 6.10 Å². The van der Waals surface area contributed by atoms with Crippen LogP contribution in [0.3, 0.4) is 0 Å². The van der Waals surface area contributed by atoms with Gasteiger partial charge in [-0.2, -0.15) is 0 Å². The lowest BCUT2D eigenvalue weighted by Gasteiger charge is -2.26. The van der Waals surface area contributed by atoms with Gasteiger partial charge >= 0.3 is 0 Å². The number of rotatable bonds is 1. The molecule has 0 aliphatic carbocycles. The highest BCUT2D eigenvalue weighted by molar-refractivity contribution is 5.77. The number of aliphatic hydroxyl groups excluding tert-OH is 1. The lowest BCUT2D eigenvalue weighted by atomic mass is 9.88. The minimum atomic E-state index is -0.903. The molecule has 0 unspecified atom stereocenters. The molecular formula is C13H17N3O2. The van der Waals surface area contributed by atoms with Crippen LogP contribution >= 0.6 is 0 Å². The molecular weight excluding hydrogens is 230 g/mol. The fourth-order valence-corrected chi connectivity index (χ4v) is 1.74. The molecule has 0 saturated heterocycles. The highest BCUT2D eigenvalue weighted by Gasteiger charge is 2.28. The number of hydrogen-bond acceptors (Lipinski definition) is 4. The van der Waals surface area contributed by atoms with Crippen LogP contribution < -0.4 is 11.4 Å². The third-order valence-corrected chi connectivity index (χ3v) is 2.90. The zero-order valence-corrected chi connectivity index (χ0v) is 10.7. The Morgan fingerprint density at radius 3 is 2.56 bits per heavy atom. The maximum atomic E-state index is 12.1. The predicted molar refractivity (Wildman–Crippen MR) is 70.6 cm³/mol. The monoisotopic (exact) mass is 247 g/mol.